The third-order valence-electron chi connectivity index (χ3n) is 4.12. The van der Waals surface area contributed by atoms with Gasteiger partial charge in [0.1, 0.15) is 0 Å². The molecule has 0 N–H and O–H groups in total. The molecule has 1 saturated carbocycles. The van der Waals surface area contributed by atoms with E-state index in [1.807, 2.05) is 0 Å². The molecule has 2 rings (SSSR count). The molecule has 1 unspecified atom stereocenters. The van der Waals surface area contributed by atoms with E-state index in [1.165, 1.54) is 37.7 Å². The Balaban J connectivity index is 2.01. The smallest absolute Gasteiger partial charge is 0.0229 e. The number of rotatable bonds is 4. The summed E-state index contributed by atoms with van der Waals surface area (Å²) in [6.07, 6.45) is 8.10. The van der Waals surface area contributed by atoms with Crippen LogP contribution >= 0.6 is 11.6 Å². The molecule has 0 spiro atoms. The van der Waals surface area contributed by atoms with Crippen molar-refractivity contribution < 1.29 is 0 Å². The summed E-state index contributed by atoms with van der Waals surface area (Å²) in [6, 6.07) is 9.30. The molecule has 1 aliphatic rings. The predicted octanol–water partition coefficient (Wildman–Crippen LogP) is 5.47. The number of hydrogen-bond acceptors (Lipinski definition) is 0. The van der Waals surface area contributed by atoms with Crippen molar-refractivity contribution in [2.45, 2.75) is 57.3 Å². The van der Waals surface area contributed by atoms with Crippen LogP contribution in [-0.4, -0.2) is 5.88 Å². The Kier molecular flexibility index (Phi) is 4.91. The summed E-state index contributed by atoms with van der Waals surface area (Å²) in [5, 5.41) is 0. The van der Waals surface area contributed by atoms with Gasteiger partial charge < -0.3 is 0 Å². The lowest BCUT2D eigenvalue weighted by molar-refractivity contribution is 0.443. The van der Waals surface area contributed by atoms with Crippen molar-refractivity contribution in [1.29, 1.82) is 0 Å². The second-order valence-corrected chi connectivity index (χ2v) is 5.76. The van der Waals surface area contributed by atoms with Gasteiger partial charge in [-0.3, -0.25) is 0 Å². The van der Waals surface area contributed by atoms with Crippen LogP contribution in [-0.2, 0) is 0 Å². The van der Waals surface area contributed by atoms with Crippen LogP contribution in [0, 0.1) is 0 Å². The van der Waals surface area contributed by atoms with Crippen molar-refractivity contribution in [3.05, 3.63) is 35.4 Å². The molecule has 0 radical (unpaired) electrons. The van der Waals surface area contributed by atoms with Crippen LogP contribution in [0.1, 0.15) is 68.4 Å². The topological polar surface area (TPSA) is 0 Å². The van der Waals surface area contributed by atoms with E-state index in [2.05, 4.69) is 31.2 Å². The van der Waals surface area contributed by atoms with E-state index in [4.69, 9.17) is 11.6 Å². The lowest BCUT2D eigenvalue weighted by atomic mass is 9.83. The summed E-state index contributed by atoms with van der Waals surface area (Å²) < 4.78 is 0. The Bertz CT molecular complexity index is 322. The van der Waals surface area contributed by atoms with Crippen LogP contribution < -0.4 is 0 Å². The molecule has 0 amide bonds. The van der Waals surface area contributed by atoms with Crippen LogP contribution in [0.4, 0.5) is 0 Å². The fraction of sp³-hybridized carbons (Fsp3) is 0.625. The summed E-state index contributed by atoms with van der Waals surface area (Å²) in [7, 11) is 0. The maximum atomic E-state index is 5.80. The van der Waals surface area contributed by atoms with E-state index in [-0.39, 0.29) is 0 Å². The van der Waals surface area contributed by atoms with E-state index >= 15 is 0 Å². The molecule has 94 valence electrons. The van der Waals surface area contributed by atoms with Gasteiger partial charge in [0.05, 0.1) is 0 Å². The van der Waals surface area contributed by atoms with Crippen LogP contribution in [0.2, 0.25) is 0 Å². The molecule has 1 fully saturated rings. The molecule has 1 aromatic rings. The Morgan fingerprint density at radius 2 is 1.76 bits per heavy atom. The molecule has 1 aliphatic carbocycles. The number of alkyl halides is 1. The van der Waals surface area contributed by atoms with Gasteiger partial charge in [0, 0.05) is 5.88 Å². The van der Waals surface area contributed by atoms with Crippen molar-refractivity contribution in [2.75, 3.05) is 5.88 Å². The molecular formula is C16H23Cl. The van der Waals surface area contributed by atoms with E-state index in [1.54, 1.807) is 5.56 Å². The number of hydrogen-bond donors (Lipinski definition) is 0. The fourth-order valence-electron chi connectivity index (χ4n) is 2.86. The molecule has 0 aliphatic heterocycles. The van der Waals surface area contributed by atoms with Crippen molar-refractivity contribution in [3.8, 4) is 0 Å². The normalized spacial score (nSPS) is 19.2. The molecule has 0 saturated heterocycles. The predicted molar refractivity (Wildman–Crippen MR) is 76.0 cm³/mol. The lowest BCUT2D eigenvalue weighted by Crippen LogP contribution is -2.04. The standard InChI is InChI=1S/C16H23Cl/c1-13(11-12-17)14-7-9-16(10-8-14)15-5-3-2-4-6-15/h7-10,13,15H,2-6,11-12H2,1H3. The van der Waals surface area contributed by atoms with E-state index in [0.717, 1.165) is 18.2 Å². The van der Waals surface area contributed by atoms with Crippen LogP contribution in [0.5, 0.6) is 0 Å². The molecule has 0 aromatic heterocycles. The SMILES string of the molecule is CC(CCCl)c1ccc(C2CCCCC2)cc1. The minimum atomic E-state index is 0.591. The number of benzene rings is 1. The largest absolute Gasteiger partial charge is 0.127 e. The Morgan fingerprint density at radius 1 is 1.12 bits per heavy atom. The van der Waals surface area contributed by atoms with Gasteiger partial charge in [-0.25, -0.2) is 0 Å². The average Bonchev–Trinajstić information content (AvgIpc) is 2.40. The van der Waals surface area contributed by atoms with Crippen LogP contribution in [0.15, 0.2) is 24.3 Å². The zero-order chi connectivity index (χ0) is 12.1. The van der Waals surface area contributed by atoms with Gasteiger partial charge >= 0.3 is 0 Å². The minimum absolute atomic E-state index is 0.591. The third kappa shape index (κ3) is 3.48. The summed E-state index contributed by atoms with van der Waals surface area (Å²) in [4.78, 5) is 0. The van der Waals surface area contributed by atoms with Crippen molar-refractivity contribution in [3.63, 3.8) is 0 Å². The third-order valence-corrected chi connectivity index (χ3v) is 4.34. The Labute approximate surface area is 110 Å². The van der Waals surface area contributed by atoms with E-state index in [9.17, 15) is 0 Å². The lowest BCUT2D eigenvalue weighted by Gasteiger charge is -2.22. The molecule has 17 heavy (non-hydrogen) atoms. The summed E-state index contributed by atoms with van der Waals surface area (Å²) in [5.74, 6) is 2.17. The highest BCUT2D eigenvalue weighted by Gasteiger charge is 2.15. The zero-order valence-electron chi connectivity index (χ0n) is 10.8. The van der Waals surface area contributed by atoms with Gasteiger partial charge in [0.2, 0.25) is 0 Å². The van der Waals surface area contributed by atoms with Crippen LogP contribution in [0.3, 0.4) is 0 Å². The molecule has 0 bridgehead atoms. The molecule has 1 atom stereocenters. The van der Waals surface area contributed by atoms with Crippen molar-refractivity contribution in [1.82, 2.24) is 0 Å². The minimum Gasteiger partial charge on any atom is -0.127 e. The monoisotopic (exact) mass is 250 g/mol. The van der Waals surface area contributed by atoms with Crippen molar-refractivity contribution in [2.24, 2.45) is 0 Å². The van der Waals surface area contributed by atoms with Crippen molar-refractivity contribution >= 4 is 11.6 Å². The number of halogens is 1. The van der Waals surface area contributed by atoms with Crippen LogP contribution in [0.25, 0.3) is 0 Å². The first kappa shape index (κ1) is 13.0. The fourth-order valence-corrected chi connectivity index (χ4v) is 3.19. The first-order valence-corrected chi connectivity index (χ1v) is 7.50. The molecule has 0 heterocycles. The maximum Gasteiger partial charge on any atom is 0.0229 e. The molecular weight excluding hydrogens is 228 g/mol. The first-order valence-electron chi connectivity index (χ1n) is 6.97. The Morgan fingerprint density at radius 3 is 2.35 bits per heavy atom. The first-order chi connectivity index (χ1) is 8.31. The second kappa shape index (κ2) is 6.44. The quantitative estimate of drug-likeness (QED) is 0.622. The summed E-state index contributed by atoms with van der Waals surface area (Å²) >= 11 is 5.80. The second-order valence-electron chi connectivity index (χ2n) is 5.38. The Hall–Kier alpha value is -0.490. The van der Waals surface area contributed by atoms with Gasteiger partial charge in [-0.15, -0.1) is 11.6 Å². The van der Waals surface area contributed by atoms with E-state index in [0.29, 0.717) is 5.92 Å². The van der Waals surface area contributed by atoms with Gasteiger partial charge in [-0.1, -0.05) is 50.5 Å². The molecule has 0 nitrogen and oxygen atoms in total. The highest BCUT2D eigenvalue weighted by molar-refractivity contribution is 6.17. The molecule has 1 heteroatoms. The molecule has 1 aromatic carbocycles. The van der Waals surface area contributed by atoms with Gasteiger partial charge in [-0.2, -0.15) is 0 Å². The average molecular weight is 251 g/mol. The van der Waals surface area contributed by atoms with Gasteiger partial charge in [0.25, 0.3) is 0 Å². The summed E-state index contributed by atoms with van der Waals surface area (Å²) in [6.45, 7) is 2.26. The zero-order valence-corrected chi connectivity index (χ0v) is 11.5. The maximum absolute atomic E-state index is 5.80. The highest BCUT2D eigenvalue weighted by atomic mass is 35.5. The van der Waals surface area contributed by atoms with Gasteiger partial charge in [0.15, 0.2) is 0 Å². The van der Waals surface area contributed by atoms with E-state index < -0.39 is 0 Å². The van der Waals surface area contributed by atoms with Gasteiger partial charge in [-0.05, 0) is 42.2 Å². The summed E-state index contributed by atoms with van der Waals surface area (Å²) in [5.41, 5.74) is 2.98. The highest BCUT2D eigenvalue weighted by Crippen LogP contribution is 2.33.